The van der Waals surface area contributed by atoms with Crippen LogP contribution < -0.4 is 0 Å². The molecule has 0 amide bonds. The Balaban J connectivity index is 1.51. The van der Waals surface area contributed by atoms with Gasteiger partial charge in [0.1, 0.15) is 17.0 Å². The lowest BCUT2D eigenvalue weighted by molar-refractivity contribution is 0.628. The standard InChI is InChI=1S/C22H13FN8/c23-14-3-1-12(2-4-14)15-5-6-26-21-18(15)28-22(29-21)19-16-9-13(10-27-20(16)31-30-19)17-11-24-7-8-25-17/h1-11H,(H,26,28,29)(H,27,30,31). The van der Waals surface area contributed by atoms with Crippen molar-refractivity contribution < 1.29 is 4.39 Å². The predicted octanol–water partition coefficient (Wildman–Crippen LogP) is 4.16. The van der Waals surface area contributed by atoms with Crippen molar-refractivity contribution >= 4 is 22.2 Å². The van der Waals surface area contributed by atoms with Crippen LogP contribution in [0.3, 0.4) is 0 Å². The van der Waals surface area contributed by atoms with Gasteiger partial charge in [-0.3, -0.25) is 15.1 Å². The van der Waals surface area contributed by atoms with Crippen LogP contribution >= 0.6 is 0 Å². The van der Waals surface area contributed by atoms with Crippen LogP contribution in [0.4, 0.5) is 4.39 Å². The molecule has 0 atom stereocenters. The van der Waals surface area contributed by atoms with Crippen LogP contribution in [0.15, 0.2) is 67.4 Å². The SMILES string of the molecule is Fc1ccc(-c2ccnc3[nH]c(-c4n[nH]c5ncc(-c6cnccn6)cc45)nc23)cc1. The van der Waals surface area contributed by atoms with Crippen LogP contribution in [0.25, 0.3) is 56.1 Å². The molecule has 0 saturated carbocycles. The second-order valence-electron chi connectivity index (χ2n) is 6.93. The molecule has 6 rings (SSSR count). The summed E-state index contributed by atoms with van der Waals surface area (Å²) in [6.45, 7) is 0. The highest BCUT2D eigenvalue weighted by Crippen LogP contribution is 2.31. The van der Waals surface area contributed by atoms with Crippen LogP contribution in [-0.4, -0.2) is 40.1 Å². The van der Waals surface area contributed by atoms with E-state index in [1.54, 1.807) is 43.1 Å². The number of nitrogens with zero attached hydrogens (tertiary/aromatic N) is 6. The number of pyridine rings is 2. The summed E-state index contributed by atoms with van der Waals surface area (Å²) in [5, 5.41) is 8.15. The van der Waals surface area contributed by atoms with Crippen molar-refractivity contribution in [1.82, 2.24) is 40.1 Å². The topological polar surface area (TPSA) is 109 Å². The van der Waals surface area contributed by atoms with Gasteiger partial charge in [0.25, 0.3) is 0 Å². The maximum Gasteiger partial charge on any atom is 0.161 e. The Morgan fingerprint density at radius 2 is 1.71 bits per heavy atom. The van der Waals surface area contributed by atoms with Gasteiger partial charge in [0.05, 0.1) is 17.3 Å². The Hall–Kier alpha value is -4.53. The molecule has 0 bridgehead atoms. The first-order valence-electron chi connectivity index (χ1n) is 9.48. The summed E-state index contributed by atoms with van der Waals surface area (Å²) in [5.41, 5.74) is 5.80. The van der Waals surface area contributed by atoms with Crippen LogP contribution in [0.2, 0.25) is 0 Å². The average molecular weight is 408 g/mol. The zero-order valence-electron chi connectivity index (χ0n) is 15.9. The molecule has 148 valence electrons. The highest BCUT2D eigenvalue weighted by Gasteiger charge is 2.17. The van der Waals surface area contributed by atoms with Crippen LogP contribution in [0.5, 0.6) is 0 Å². The second-order valence-corrected chi connectivity index (χ2v) is 6.93. The molecule has 9 heteroatoms. The number of nitrogens with one attached hydrogen (secondary N) is 2. The van der Waals surface area contributed by atoms with Crippen molar-refractivity contribution in [3.05, 3.63) is 73.2 Å². The number of rotatable bonds is 3. The van der Waals surface area contributed by atoms with Gasteiger partial charge in [-0.1, -0.05) is 12.1 Å². The molecule has 0 aliphatic rings. The first-order chi connectivity index (χ1) is 15.3. The van der Waals surface area contributed by atoms with E-state index in [9.17, 15) is 4.39 Å². The molecule has 0 spiro atoms. The lowest BCUT2D eigenvalue weighted by Crippen LogP contribution is -1.87. The van der Waals surface area contributed by atoms with Gasteiger partial charge in [0.2, 0.25) is 0 Å². The number of halogens is 1. The van der Waals surface area contributed by atoms with Gasteiger partial charge >= 0.3 is 0 Å². The third-order valence-corrected chi connectivity index (χ3v) is 5.04. The summed E-state index contributed by atoms with van der Waals surface area (Å²) in [4.78, 5) is 25.3. The summed E-state index contributed by atoms with van der Waals surface area (Å²) in [7, 11) is 0. The van der Waals surface area contributed by atoms with Crippen LogP contribution in [0.1, 0.15) is 0 Å². The minimum Gasteiger partial charge on any atom is -0.321 e. The molecule has 5 heterocycles. The largest absolute Gasteiger partial charge is 0.321 e. The fourth-order valence-corrected chi connectivity index (χ4v) is 3.56. The van der Waals surface area contributed by atoms with E-state index in [-0.39, 0.29) is 5.82 Å². The number of aromatic nitrogens is 8. The molecule has 0 unspecified atom stereocenters. The molecule has 8 nitrogen and oxygen atoms in total. The highest BCUT2D eigenvalue weighted by atomic mass is 19.1. The predicted molar refractivity (Wildman–Crippen MR) is 113 cm³/mol. The highest BCUT2D eigenvalue weighted by molar-refractivity contribution is 5.95. The van der Waals surface area contributed by atoms with Gasteiger partial charge in [-0.2, -0.15) is 5.10 Å². The summed E-state index contributed by atoms with van der Waals surface area (Å²) in [6.07, 6.45) is 8.36. The van der Waals surface area contributed by atoms with Gasteiger partial charge in [-0.05, 0) is 29.8 Å². The quantitative estimate of drug-likeness (QED) is 0.455. The number of benzene rings is 1. The summed E-state index contributed by atoms with van der Waals surface area (Å²) in [6, 6.07) is 10.1. The third-order valence-electron chi connectivity index (χ3n) is 5.04. The van der Waals surface area contributed by atoms with E-state index in [2.05, 4.69) is 35.1 Å². The summed E-state index contributed by atoms with van der Waals surface area (Å²) >= 11 is 0. The second kappa shape index (κ2) is 6.77. The van der Waals surface area contributed by atoms with E-state index in [0.29, 0.717) is 34.0 Å². The van der Waals surface area contributed by atoms with Gasteiger partial charge in [0, 0.05) is 35.9 Å². The fraction of sp³-hybridized carbons (Fsp3) is 0. The van der Waals surface area contributed by atoms with Gasteiger partial charge in [-0.15, -0.1) is 0 Å². The van der Waals surface area contributed by atoms with Gasteiger partial charge in [0.15, 0.2) is 17.1 Å². The maximum absolute atomic E-state index is 13.3. The molecule has 0 aliphatic heterocycles. The van der Waals surface area contributed by atoms with E-state index >= 15 is 0 Å². The normalized spacial score (nSPS) is 11.4. The first kappa shape index (κ1) is 17.3. The molecule has 31 heavy (non-hydrogen) atoms. The Labute approximate surface area is 174 Å². The lowest BCUT2D eigenvalue weighted by Gasteiger charge is -2.01. The average Bonchev–Trinajstić information content (AvgIpc) is 3.43. The number of fused-ring (bicyclic) bond motifs is 2. The minimum atomic E-state index is -0.286. The molecular weight excluding hydrogens is 395 g/mol. The van der Waals surface area contributed by atoms with E-state index in [1.807, 2.05) is 12.1 Å². The number of imidazole rings is 1. The van der Waals surface area contributed by atoms with Crippen molar-refractivity contribution in [2.75, 3.05) is 0 Å². The molecule has 1 aromatic carbocycles. The molecule has 2 N–H and O–H groups in total. The lowest BCUT2D eigenvalue weighted by atomic mass is 10.1. The third kappa shape index (κ3) is 2.91. The maximum atomic E-state index is 13.3. The smallest absolute Gasteiger partial charge is 0.161 e. The van der Waals surface area contributed by atoms with Crippen molar-refractivity contribution in [3.63, 3.8) is 0 Å². The van der Waals surface area contributed by atoms with Gasteiger partial charge in [-0.25, -0.2) is 19.3 Å². The minimum absolute atomic E-state index is 0.286. The number of hydrogen-bond donors (Lipinski definition) is 2. The van der Waals surface area contributed by atoms with Crippen molar-refractivity contribution in [2.45, 2.75) is 0 Å². The van der Waals surface area contributed by atoms with E-state index in [0.717, 1.165) is 22.1 Å². The fourth-order valence-electron chi connectivity index (χ4n) is 3.56. The molecule has 0 fully saturated rings. The van der Waals surface area contributed by atoms with E-state index in [1.165, 1.54) is 12.1 Å². The molecule has 5 aromatic heterocycles. The Morgan fingerprint density at radius 3 is 2.55 bits per heavy atom. The van der Waals surface area contributed by atoms with Gasteiger partial charge < -0.3 is 4.98 Å². The molecular formula is C22H13FN8. The van der Waals surface area contributed by atoms with Crippen molar-refractivity contribution in [1.29, 1.82) is 0 Å². The molecule has 0 aliphatic carbocycles. The monoisotopic (exact) mass is 408 g/mol. The van der Waals surface area contributed by atoms with Crippen LogP contribution in [-0.2, 0) is 0 Å². The van der Waals surface area contributed by atoms with E-state index < -0.39 is 0 Å². The van der Waals surface area contributed by atoms with Crippen LogP contribution in [0, 0.1) is 5.82 Å². The Morgan fingerprint density at radius 1 is 0.806 bits per heavy atom. The van der Waals surface area contributed by atoms with Crippen molar-refractivity contribution in [2.24, 2.45) is 0 Å². The number of H-pyrrole nitrogens is 2. The zero-order valence-corrected chi connectivity index (χ0v) is 15.9. The zero-order chi connectivity index (χ0) is 20.8. The molecule has 0 radical (unpaired) electrons. The van der Waals surface area contributed by atoms with Crippen molar-refractivity contribution in [3.8, 4) is 33.9 Å². The first-order valence-corrected chi connectivity index (χ1v) is 9.48. The number of hydrogen-bond acceptors (Lipinski definition) is 6. The Kier molecular flexibility index (Phi) is 3.79. The summed E-state index contributed by atoms with van der Waals surface area (Å²) in [5.74, 6) is 0.271. The number of aromatic amines is 2. The summed E-state index contributed by atoms with van der Waals surface area (Å²) < 4.78 is 13.3. The molecule has 6 aromatic rings. The Bertz CT molecular complexity index is 1540. The molecule has 0 saturated heterocycles. The van der Waals surface area contributed by atoms with E-state index in [4.69, 9.17) is 4.98 Å².